The Morgan fingerprint density at radius 3 is 1.59 bits per heavy atom. The second-order valence-electron chi connectivity index (χ2n) is 13.2. The van der Waals surface area contributed by atoms with Gasteiger partial charge in [0, 0.05) is 30.9 Å². The van der Waals surface area contributed by atoms with Crippen molar-refractivity contribution in [3.63, 3.8) is 0 Å². The average Bonchev–Trinajstić information content (AvgIpc) is 3.52. The predicted molar refractivity (Wildman–Crippen MR) is 209 cm³/mol. The van der Waals surface area contributed by atoms with Gasteiger partial charge in [-0.15, -0.1) is 11.3 Å². The largest absolute Gasteiger partial charge is 0.504 e. The van der Waals surface area contributed by atoms with Gasteiger partial charge in [0.25, 0.3) is 0 Å². The zero-order valence-electron chi connectivity index (χ0n) is 26.2. The van der Waals surface area contributed by atoms with Crippen LogP contribution >= 0.6 is 11.3 Å². The molecule has 11 aromatic carbocycles. The van der Waals surface area contributed by atoms with Crippen LogP contribution < -0.4 is 0 Å². The van der Waals surface area contributed by atoms with Crippen LogP contribution in [0.1, 0.15) is 0 Å². The molecule has 0 aliphatic rings. The molecule has 12 rings (SSSR count). The maximum Gasteiger partial charge on any atom is 0.166 e. The average molecular weight is 643 g/mol. The summed E-state index contributed by atoms with van der Waals surface area (Å²) in [6.07, 6.45) is 0. The summed E-state index contributed by atoms with van der Waals surface area (Å²) in [5.41, 5.74) is 6.93. The van der Waals surface area contributed by atoms with Crippen molar-refractivity contribution in [2.45, 2.75) is 0 Å². The molecule has 1 heterocycles. The van der Waals surface area contributed by atoms with Crippen LogP contribution in [0.3, 0.4) is 0 Å². The van der Waals surface area contributed by atoms with Crippen LogP contribution in [0, 0.1) is 0 Å². The van der Waals surface area contributed by atoms with Gasteiger partial charge < -0.3 is 10.2 Å². The molecule has 2 N–H and O–H groups in total. The van der Waals surface area contributed by atoms with Crippen LogP contribution in [-0.2, 0) is 0 Å². The molecular weight excluding hydrogens is 617 g/mol. The molecule has 49 heavy (non-hydrogen) atoms. The Morgan fingerprint density at radius 2 is 0.878 bits per heavy atom. The molecule has 0 aliphatic heterocycles. The minimum absolute atomic E-state index is 0.0514. The SMILES string of the molecule is Oc1c(O)c2ccc1cc2-c1ccc2ccc3c(-c4ccc5c(c4)sc4cc(-c6cccc7ccccc67)ccc45)ccc4ccc1c2c43. The lowest BCUT2D eigenvalue weighted by Crippen LogP contribution is -1.91. The summed E-state index contributed by atoms with van der Waals surface area (Å²) in [7, 11) is 0. The first-order valence-corrected chi connectivity index (χ1v) is 17.4. The molecule has 3 heteroatoms. The third-order valence-corrected chi connectivity index (χ3v) is 11.7. The van der Waals surface area contributed by atoms with E-state index >= 15 is 0 Å². The van der Waals surface area contributed by atoms with Crippen LogP contribution in [-0.4, -0.2) is 10.2 Å². The lowest BCUT2D eigenvalue weighted by Gasteiger charge is -2.18. The third-order valence-electron chi connectivity index (χ3n) is 10.6. The third kappa shape index (κ3) is 3.71. The first kappa shape index (κ1) is 26.9. The summed E-state index contributed by atoms with van der Waals surface area (Å²) in [6, 6.07) is 52.5. The number of benzene rings is 11. The summed E-state index contributed by atoms with van der Waals surface area (Å²) >= 11 is 1.86. The van der Waals surface area contributed by atoms with Gasteiger partial charge in [-0.1, -0.05) is 121 Å². The Balaban J connectivity index is 1.08. The van der Waals surface area contributed by atoms with Crippen molar-refractivity contribution >= 4 is 85.4 Å². The maximum absolute atomic E-state index is 10.7. The minimum atomic E-state index is -0.0515. The van der Waals surface area contributed by atoms with Crippen molar-refractivity contribution in [3.8, 4) is 44.9 Å². The Hall–Kier alpha value is -6.16. The second kappa shape index (κ2) is 9.70. The summed E-state index contributed by atoms with van der Waals surface area (Å²) in [4.78, 5) is 0. The molecule has 0 spiro atoms. The van der Waals surface area contributed by atoms with Gasteiger partial charge >= 0.3 is 0 Å². The van der Waals surface area contributed by atoms with Gasteiger partial charge in [-0.05, 0) is 101 Å². The summed E-state index contributed by atoms with van der Waals surface area (Å²) in [5, 5.41) is 34.8. The lowest BCUT2D eigenvalue weighted by molar-refractivity contribution is 0.411. The number of thiophene rings is 1. The van der Waals surface area contributed by atoms with E-state index in [2.05, 4.69) is 127 Å². The van der Waals surface area contributed by atoms with E-state index in [0.717, 1.165) is 16.5 Å². The van der Waals surface area contributed by atoms with E-state index in [9.17, 15) is 10.2 Å². The molecule has 0 atom stereocenters. The molecule has 12 aromatic rings. The maximum atomic E-state index is 10.7. The summed E-state index contributed by atoms with van der Waals surface area (Å²) in [6.45, 7) is 0. The van der Waals surface area contributed by atoms with E-state index < -0.39 is 0 Å². The quantitative estimate of drug-likeness (QED) is 0.149. The first-order valence-electron chi connectivity index (χ1n) is 16.5. The van der Waals surface area contributed by atoms with E-state index in [0.29, 0.717) is 10.8 Å². The normalized spacial score (nSPS) is 12.2. The van der Waals surface area contributed by atoms with Gasteiger partial charge in [-0.2, -0.15) is 0 Å². The standard InChI is InChI=1S/C46H26O2S/c47-45-30-14-21-39(46(45)48)40(22-30)34-16-9-27-10-19-37-33(15-8-26-11-20-38(34)44(27)43(26)37)29-13-18-36-35-17-12-28(23-41(35)49-42(36)24-29)32-7-3-5-25-4-1-2-6-31(25)32/h1-24,47-48H. The van der Waals surface area contributed by atoms with Crippen molar-refractivity contribution < 1.29 is 10.2 Å². The Morgan fingerprint density at radius 1 is 0.327 bits per heavy atom. The number of phenolic OH excluding ortho intramolecular Hbond substituents is 2. The van der Waals surface area contributed by atoms with Gasteiger partial charge in [0.1, 0.15) is 0 Å². The zero-order chi connectivity index (χ0) is 32.4. The smallest absolute Gasteiger partial charge is 0.166 e. The summed E-state index contributed by atoms with van der Waals surface area (Å²) < 4.78 is 2.58. The van der Waals surface area contributed by atoms with Crippen molar-refractivity contribution in [1.82, 2.24) is 0 Å². The molecule has 0 fully saturated rings. The fourth-order valence-electron chi connectivity index (χ4n) is 8.26. The van der Waals surface area contributed by atoms with Crippen LogP contribution in [0.4, 0.5) is 0 Å². The Labute approximate surface area is 285 Å². The number of fused-ring (bicyclic) bond motifs is 7. The van der Waals surface area contributed by atoms with Crippen LogP contribution in [0.25, 0.3) is 107 Å². The fourth-order valence-corrected chi connectivity index (χ4v) is 9.45. The molecular formula is C46H26O2S. The molecule has 2 bridgehead atoms. The van der Waals surface area contributed by atoms with Gasteiger partial charge in [-0.25, -0.2) is 0 Å². The fraction of sp³-hybridized carbons (Fsp3) is 0. The van der Waals surface area contributed by atoms with Crippen molar-refractivity contribution in [3.05, 3.63) is 146 Å². The van der Waals surface area contributed by atoms with Crippen LogP contribution in [0.5, 0.6) is 11.5 Å². The minimum Gasteiger partial charge on any atom is -0.504 e. The van der Waals surface area contributed by atoms with Crippen LogP contribution in [0.15, 0.2) is 146 Å². The Kier molecular flexibility index (Phi) is 5.31. The highest BCUT2D eigenvalue weighted by atomic mass is 32.1. The highest BCUT2D eigenvalue weighted by Gasteiger charge is 2.19. The lowest BCUT2D eigenvalue weighted by atomic mass is 9.86. The summed E-state index contributed by atoms with van der Waals surface area (Å²) in [5.74, 6) is -0.103. The van der Waals surface area contributed by atoms with Gasteiger partial charge in [-0.3, -0.25) is 0 Å². The number of hydrogen-bond acceptors (Lipinski definition) is 3. The molecule has 0 unspecified atom stereocenters. The number of aromatic hydroxyl groups is 2. The molecule has 0 saturated carbocycles. The second-order valence-corrected chi connectivity index (χ2v) is 14.2. The van der Waals surface area contributed by atoms with E-state index in [1.807, 2.05) is 29.5 Å². The predicted octanol–water partition coefficient (Wildman–Crippen LogP) is 13.1. The van der Waals surface area contributed by atoms with E-state index in [4.69, 9.17) is 0 Å². The van der Waals surface area contributed by atoms with Gasteiger partial charge in [0.05, 0.1) is 0 Å². The van der Waals surface area contributed by atoms with Crippen LogP contribution in [0.2, 0.25) is 0 Å². The molecule has 0 saturated heterocycles. The van der Waals surface area contributed by atoms with Crippen molar-refractivity contribution in [2.75, 3.05) is 0 Å². The molecule has 1 aromatic heterocycles. The van der Waals surface area contributed by atoms with E-state index in [-0.39, 0.29) is 11.5 Å². The van der Waals surface area contributed by atoms with Gasteiger partial charge in [0.15, 0.2) is 11.5 Å². The topological polar surface area (TPSA) is 40.5 Å². The van der Waals surface area contributed by atoms with E-state index in [1.54, 1.807) is 0 Å². The highest BCUT2D eigenvalue weighted by molar-refractivity contribution is 7.25. The molecule has 0 radical (unpaired) electrons. The monoisotopic (exact) mass is 642 g/mol. The number of rotatable bonds is 3. The molecule has 228 valence electrons. The molecule has 0 amide bonds. The zero-order valence-corrected chi connectivity index (χ0v) is 27.0. The molecule has 0 aliphatic carbocycles. The highest BCUT2D eigenvalue weighted by Crippen LogP contribution is 2.48. The first-order chi connectivity index (χ1) is 24.1. The van der Waals surface area contributed by atoms with Gasteiger partial charge in [0.2, 0.25) is 0 Å². The Bertz CT molecular complexity index is 3130. The number of hydrogen-bond donors (Lipinski definition) is 2. The number of phenols is 4. The molecule has 2 nitrogen and oxygen atoms in total. The van der Waals surface area contributed by atoms with Crippen molar-refractivity contribution in [1.29, 1.82) is 0 Å². The van der Waals surface area contributed by atoms with Crippen molar-refractivity contribution in [2.24, 2.45) is 0 Å². The van der Waals surface area contributed by atoms with E-state index in [1.165, 1.54) is 80.1 Å².